The number of thiophene rings is 1. The van der Waals surface area contributed by atoms with Crippen molar-refractivity contribution in [3.8, 4) is 0 Å². The monoisotopic (exact) mass is 369 g/mol. The number of sulfonamides is 1. The lowest BCUT2D eigenvalue weighted by Crippen LogP contribution is -2.42. The van der Waals surface area contributed by atoms with Crippen LogP contribution in [0.2, 0.25) is 0 Å². The van der Waals surface area contributed by atoms with Crippen molar-refractivity contribution in [1.29, 1.82) is 0 Å². The summed E-state index contributed by atoms with van der Waals surface area (Å²) in [5.41, 5.74) is 0.732. The molecule has 0 fully saturated rings. The number of aromatic nitrogens is 1. The molecule has 0 radical (unpaired) electrons. The van der Waals surface area contributed by atoms with Gasteiger partial charge in [-0.3, -0.25) is 4.79 Å². The molecule has 1 atom stereocenters. The molecule has 1 N–H and O–H groups in total. The maximum atomic E-state index is 12.4. The van der Waals surface area contributed by atoms with Crippen LogP contribution in [0, 0.1) is 5.92 Å². The van der Waals surface area contributed by atoms with E-state index in [9.17, 15) is 13.2 Å². The van der Waals surface area contributed by atoms with Gasteiger partial charge in [-0.2, -0.15) is 4.31 Å². The molecule has 9 heteroatoms. The van der Waals surface area contributed by atoms with E-state index >= 15 is 0 Å². The van der Waals surface area contributed by atoms with Gasteiger partial charge < -0.3 is 9.84 Å². The summed E-state index contributed by atoms with van der Waals surface area (Å²) in [6, 6.07) is 2.80. The van der Waals surface area contributed by atoms with Gasteiger partial charge in [0.05, 0.1) is 16.6 Å². The van der Waals surface area contributed by atoms with Gasteiger partial charge in [0, 0.05) is 24.5 Å². The summed E-state index contributed by atoms with van der Waals surface area (Å²) in [7, 11) is -1.96. The van der Waals surface area contributed by atoms with Crippen molar-refractivity contribution >= 4 is 27.3 Å². The zero-order chi connectivity index (χ0) is 17.5. The van der Waals surface area contributed by atoms with E-state index < -0.39 is 22.0 Å². The fraction of sp³-hybridized carbons (Fsp3) is 0.467. The fourth-order valence-corrected chi connectivity index (χ4v) is 5.35. The minimum absolute atomic E-state index is 0.139. The number of hydrogen-bond acceptors (Lipinski definition) is 6. The summed E-state index contributed by atoms with van der Waals surface area (Å²) < 4.78 is 30.9. The third kappa shape index (κ3) is 3.11. The first-order chi connectivity index (χ1) is 11.3. The van der Waals surface area contributed by atoms with Crippen LogP contribution in [0.25, 0.3) is 0 Å². The van der Waals surface area contributed by atoms with Crippen LogP contribution < -0.4 is 5.32 Å². The second kappa shape index (κ2) is 6.30. The number of carbonyl (C=O) groups excluding carboxylic acids is 1. The lowest BCUT2D eigenvalue weighted by Gasteiger charge is -2.29. The van der Waals surface area contributed by atoms with E-state index in [0.717, 1.165) is 12.1 Å². The average Bonchev–Trinajstić information content (AvgIpc) is 3.13. The number of rotatable bonds is 4. The molecule has 2 aromatic rings. The largest absolute Gasteiger partial charge is 0.351 e. The summed E-state index contributed by atoms with van der Waals surface area (Å²) >= 11 is 1.32. The normalized spacial score (nSPS) is 20.1. The summed E-state index contributed by atoms with van der Waals surface area (Å²) in [6.45, 7) is 4.31. The van der Waals surface area contributed by atoms with Gasteiger partial charge in [-0.05, 0) is 23.8 Å². The van der Waals surface area contributed by atoms with Crippen LogP contribution >= 0.6 is 11.3 Å². The van der Waals surface area contributed by atoms with Crippen LogP contribution in [0.3, 0.4) is 0 Å². The van der Waals surface area contributed by atoms with Crippen LogP contribution in [0.1, 0.15) is 41.0 Å². The molecule has 1 aliphatic rings. The van der Waals surface area contributed by atoms with Gasteiger partial charge in [0.1, 0.15) is 0 Å². The summed E-state index contributed by atoms with van der Waals surface area (Å²) in [6.07, 6.45) is 0.732. The molecule has 0 bridgehead atoms. The highest BCUT2D eigenvalue weighted by Crippen LogP contribution is 2.35. The van der Waals surface area contributed by atoms with Crippen molar-refractivity contribution < 1.29 is 17.7 Å². The van der Waals surface area contributed by atoms with E-state index in [1.807, 2.05) is 0 Å². The molecule has 130 valence electrons. The third-order valence-corrected chi connectivity index (χ3v) is 6.85. The highest BCUT2D eigenvalue weighted by atomic mass is 32.2. The lowest BCUT2D eigenvalue weighted by molar-refractivity contribution is 0.0894. The van der Waals surface area contributed by atoms with Gasteiger partial charge in [0.15, 0.2) is 0 Å². The first-order valence-electron chi connectivity index (χ1n) is 7.59. The van der Waals surface area contributed by atoms with E-state index in [0.29, 0.717) is 10.8 Å². The molecule has 1 amide bonds. The SMILES string of the molecule is CC(C)Cc1cc(C(=O)NC2CN(C)S(=O)(=O)c3ccsc32)on1. The quantitative estimate of drug-likeness (QED) is 0.890. The molecule has 0 aliphatic carbocycles. The zero-order valence-corrected chi connectivity index (χ0v) is 15.3. The van der Waals surface area contributed by atoms with Gasteiger partial charge in [0.2, 0.25) is 15.8 Å². The van der Waals surface area contributed by atoms with Gasteiger partial charge >= 0.3 is 0 Å². The Kier molecular flexibility index (Phi) is 4.50. The second-order valence-electron chi connectivity index (χ2n) is 6.24. The molecule has 3 rings (SSSR count). The predicted molar refractivity (Wildman–Crippen MR) is 89.4 cm³/mol. The Balaban J connectivity index is 1.79. The number of likely N-dealkylation sites (N-methyl/N-ethyl adjacent to an activating group) is 1. The van der Waals surface area contributed by atoms with Crippen LogP contribution in [0.15, 0.2) is 26.9 Å². The fourth-order valence-electron chi connectivity index (χ4n) is 2.66. The summed E-state index contributed by atoms with van der Waals surface area (Å²) in [4.78, 5) is 13.3. The van der Waals surface area contributed by atoms with E-state index in [2.05, 4.69) is 24.3 Å². The van der Waals surface area contributed by atoms with Gasteiger partial charge in [-0.1, -0.05) is 19.0 Å². The average molecular weight is 369 g/mol. The van der Waals surface area contributed by atoms with Gasteiger partial charge in [0.25, 0.3) is 5.91 Å². The molecule has 0 spiro atoms. The van der Waals surface area contributed by atoms with E-state index in [4.69, 9.17) is 4.52 Å². The number of nitrogens with one attached hydrogen (secondary N) is 1. The zero-order valence-electron chi connectivity index (χ0n) is 13.6. The molecule has 1 unspecified atom stereocenters. The van der Waals surface area contributed by atoms with Crippen LogP contribution in [-0.4, -0.2) is 37.4 Å². The molecule has 3 heterocycles. The Morgan fingerprint density at radius 1 is 1.54 bits per heavy atom. The van der Waals surface area contributed by atoms with Crippen molar-refractivity contribution in [1.82, 2.24) is 14.8 Å². The number of carbonyl (C=O) groups is 1. The van der Waals surface area contributed by atoms with E-state index in [-0.39, 0.29) is 17.2 Å². The van der Waals surface area contributed by atoms with Crippen molar-refractivity contribution in [2.24, 2.45) is 5.92 Å². The molecule has 1 aliphatic heterocycles. The summed E-state index contributed by atoms with van der Waals surface area (Å²) in [5.74, 6) is 0.159. The predicted octanol–water partition coefficient (Wildman–Crippen LogP) is 2.04. The molecule has 2 aromatic heterocycles. The molecule has 0 saturated carbocycles. The smallest absolute Gasteiger partial charge is 0.290 e. The van der Waals surface area contributed by atoms with Crippen LogP contribution in [0.4, 0.5) is 0 Å². The second-order valence-corrected chi connectivity index (χ2v) is 9.20. The maximum Gasteiger partial charge on any atom is 0.290 e. The Labute approximate surface area is 144 Å². The molecule has 0 saturated heterocycles. The van der Waals surface area contributed by atoms with Gasteiger partial charge in [-0.15, -0.1) is 11.3 Å². The first kappa shape index (κ1) is 17.1. The molecular formula is C15H19N3O4S2. The number of fused-ring (bicyclic) bond motifs is 1. The molecule has 24 heavy (non-hydrogen) atoms. The maximum absolute atomic E-state index is 12.4. The Bertz CT molecular complexity index is 854. The number of amides is 1. The van der Waals surface area contributed by atoms with E-state index in [1.165, 1.54) is 22.7 Å². The Morgan fingerprint density at radius 3 is 3.00 bits per heavy atom. The van der Waals surface area contributed by atoms with Crippen molar-refractivity contribution in [3.63, 3.8) is 0 Å². The Hall–Kier alpha value is -1.71. The van der Waals surface area contributed by atoms with E-state index in [1.54, 1.807) is 17.5 Å². The Morgan fingerprint density at radius 2 is 2.29 bits per heavy atom. The molecule has 0 aromatic carbocycles. The van der Waals surface area contributed by atoms with Crippen molar-refractivity contribution in [2.75, 3.05) is 13.6 Å². The van der Waals surface area contributed by atoms with Gasteiger partial charge in [-0.25, -0.2) is 8.42 Å². The number of hydrogen-bond donors (Lipinski definition) is 1. The minimum atomic E-state index is -3.46. The number of nitrogens with zero attached hydrogens (tertiary/aromatic N) is 2. The van der Waals surface area contributed by atoms with Crippen LogP contribution in [-0.2, 0) is 16.4 Å². The first-order valence-corrected chi connectivity index (χ1v) is 9.91. The summed E-state index contributed by atoms with van der Waals surface area (Å²) in [5, 5.41) is 8.47. The standard InChI is InChI=1S/C15H19N3O4S2/c1-9(2)6-10-7-12(22-17-10)15(19)16-11-8-18(3)24(20,21)13-4-5-23-14(11)13/h4-5,7,9,11H,6,8H2,1-3H3,(H,16,19). The third-order valence-electron chi connectivity index (χ3n) is 3.81. The highest BCUT2D eigenvalue weighted by Gasteiger charge is 2.36. The van der Waals surface area contributed by atoms with Crippen molar-refractivity contribution in [2.45, 2.75) is 31.2 Å². The lowest BCUT2D eigenvalue weighted by atomic mass is 10.1. The topological polar surface area (TPSA) is 92.5 Å². The minimum Gasteiger partial charge on any atom is -0.351 e. The van der Waals surface area contributed by atoms with Crippen LogP contribution in [0.5, 0.6) is 0 Å². The molecule has 7 nitrogen and oxygen atoms in total. The molecular weight excluding hydrogens is 350 g/mol. The highest BCUT2D eigenvalue weighted by molar-refractivity contribution is 7.89. The van der Waals surface area contributed by atoms with Crippen molar-refractivity contribution in [3.05, 3.63) is 33.8 Å².